The molecular formula is C21H26N2O3S. The third-order valence-corrected chi connectivity index (χ3v) is 5.51. The van der Waals surface area contributed by atoms with Gasteiger partial charge in [-0.1, -0.05) is 75.4 Å². The topological polar surface area (TPSA) is 83.1 Å². The zero-order valence-corrected chi connectivity index (χ0v) is 16.4. The number of benzene rings is 2. The van der Waals surface area contributed by atoms with E-state index in [1.807, 2.05) is 42.5 Å². The highest BCUT2D eigenvalue weighted by Crippen LogP contribution is 2.32. The van der Waals surface area contributed by atoms with Crippen LogP contribution in [0.5, 0.6) is 0 Å². The summed E-state index contributed by atoms with van der Waals surface area (Å²) in [6.45, 7) is 2.21. The molecule has 0 aliphatic rings. The number of hydrogen-bond acceptors (Lipinski definition) is 3. The minimum atomic E-state index is -4.37. The second-order valence-corrected chi connectivity index (χ2v) is 8.23. The zero-order chi connectivity index (χ0) is 19.3. The molecule has 6 heteroatoms. The largest absolute Gasteiger partial charge is 0.328 e. The maximum atomic E-state index is 11.5. The van der Waals surface area contributed by atoms with E-state index in [0.29, 0.717) is 11.0 Å². The summed E-state index contributed by atoms with van der Waals surface area (Å²) >= 11 is 0. The molecule has 0 saturated heterocycles. The lowest BCUT2D eigenvalue weighted by Crippen LogP contribution is -1.99. The molecule has 2 aromatic carbocycles. The van der Waals surface area contributed by atoms with Crippen molar-refractivity contribution in [3.63, 3.8) is 0 Å². The summed E-state index contributed by atoms with van der Waals surface area (Å²) in [5.74, 6) is 0. The zero-order valence-electron chi connectivity index (χ0n) is 15.6. The van der Waals surface area contributed by atoms with Crippen LogP contribution in [-0.2, 0) is 16.5 Å². The first kappa shape index (κ1) is 19.6. The van der Waals surface area contributed by atoms with Gasteiger partial charge < -0.3 is 4.98 Å². The highest BCUT2D eigenvalue weighted by atomic mass is 32.2. The van der Waals surface area contributed by atoms with Gasteiger partial charge >= 0.3 is 10.1 Å². The van der Waals surface area contributed by atoms with Crippen molar-refractivity contribution in [2.24, 2.45) is 0 Å². The van der Waals surface area contributed by atoms with Gasteiger partial charge in [0.05, 0.1) is 11.0 Å². The van der Waals surface area contributed by atoms with Crippen LogP contribution in [0, 0.1) is 0 Å². The number of unbranched alkanes of at least 4 members (excludes halogenated alkanes) is 5. The van der Waals surface area contributed by atoms with Gasteiger partial charge in [0.2, 0.25) is 0 Å². The molecule has 5 nitrogen and oxygen atoms in total. The van der Waals surface area contributed by atoms with E-state index < -0.39 is 15.3 Å². The van der Waals surface area contributed by atoms with E-state index in [9.17, 15) is 13.0 Å². The van der Waals surface area contributed by atoms with Crippen LogP contribution in [0.4, 0.5) is 0 Å². The molecule has 2 N–H and O–H groups in total. The normalized spacial score (nSPS) is 11.9. The van der Waals surface area contributed by atoms with E-state index in [1.54, 1.807) is 0 Å². The van der Waals surface area contributed by atoms with Gasteiger partial charge in [-0.3, -0.25) is 4.55 Å². The summed E-state index contributed by atoms with van der Waals surface area (Å²) in [6.07, 6.45) is 8.25. The van der Waals surface area contributed by atoms with E-state index in [1.165, 1.54) is 32.1 Å². The first-order valence-electron chi connectivity index (χ1n) is 9.55. The molecule has 3 rings (SSSR count). The van der Waals surface area contributed by atoms with E-state index in [4.69, 9.17) is 0 Å². The van der Waals surface area contributed by atoms with Crippen molar-refractivity contribution in [1.82, 2.24) is 9.97 Å². The number of nitrogens with zero attached hydrogens (tertiary/aromatic N) is 1. The second kappa shape index (κ2) is 8.67. The van der Waals surface area contributed by atoms with Crippen molar-refractivity contribution in [2.75, 3.05) is 0 Å². The minimum absolute atomic E-state index is 0.411. The Morgan fingerprint density at radius 2 is 1.67 bits per heavy atom. The molecule has 0 bridgehead atoms. The summed E-state index contributed by atoms with van der Waals surface area (Å²) < 4.78 is 32.3. The van der Waals surface area contributed by atoms with Crippen LogP contribution < -0.4 is 0 Å². The fraction of sp³-hybridized carbons (Fsp3) is 0.381. The van der Waals surface area contributed by atoms with Crippen LogP contribution in [0.25, 0.3) is 22.2 Å². The number of nitrogens with one attached hydrogen (secondary N) is 1. The van der Waals surface area contributed by atoms with E-state index >= 15 is 0 Å². The summed E-state index contributed by atoms with van der Waals surface area (Å²) in [4.78, 5) is 6.86. The van der Waals surface area contributed by atoms with Gasteiger partial charge in [0.25, 0.3) is 5.16 Å². The first-order chi connectivity index (χ1) is 13.0. The van der Waals surface area contributed by atoms with Gasteiger partial charge in [-0.15, -0.1) is 0 Å². The molecule has 1 heterocycles. The van der Waals surface area contributed by atoms with Crippen molar-refractivity contribution >= 4 is 21.2 Å². The van der Waals surface area contributed by atoms with Crippen molar-refractivity contribution in [3.05, 3.63) is 48.0 Å². The minimum Gasteiger partial charge on any atom is -0.326 e. The van der Waals surface area contributed by atoms with Crippen LogP contribution in [-0.4, -0.2) is 22.9 Å². The van der Waals surface area contributed by atoms with E-state index in [-0.39, 0.29) is 0 Å². The summed E-state index contributed by atoms with van der Waals surface area (Å²) in [6, 6.07) is 13.7. The van der Waals surface area contributed by atoms with Crippen LogP contribution in [0.15, 0.2) is 47.6 Å². The number of H-pyrrole nitrogens is 1. The van der Waals surface area contributed by atoms with Gasteiger partial charge in [-0.05, 0) is 30.0 Å². The molecule has 0 saturated carbocycles. The van der Waals surface area contributed by atoms with Crippen LogP contribution in [0.1, 0.15) is 51.0 Å². The van der Waals surface area contributed by atoms with Crippen molar-refractivity contribution in [2.45, 2.75) is 57.0 Å². The average Bonchev–Trinajstić information content (AvgIpc) is 3.09. The molecule has 0 unspecified atom stereocenters. The lowest BCUT2D eigenvalue weighted by atomic mass is 9.94. The molecule has 0 amide bonds. The number of aryl methyl sites for hydroxylation is 1. The number of hydrogen-bond donors (Lipinski definition) is 2. The molecule has 0 fully saturated rings. The summed E-state index contributed by atoms with van der Waals surface area (Å²) in [5, 5.41) is -0.411. The fourth-order valence-electron chi connectivity index (χ4n) is 3.46. The number of fused-ring (bicyclic) bond motifs is 1. The Morgan fingerprint density at radius 3 is 2.37 bits per heavy atom. The number of aromatic amines is 1. The molecule has 0 aliphatic carbocycles. The predicted molar refractivity (Wildman–Crippen MR) is 108 cm³/mol. The molecule has 27 heavy (non-hydrogen) atoms. The van der Waals surface area contributed by atoms with Crippen molar-refractivity contribution in [3.8, 4) is 11.1 Å². The van der Waals surface area contributed by atoms with Gasteiger partial charge in [0.1, 0.15) is 0 Å². The summed E-state index contributed by atoms with van der Waals surface area (Å²) in [5.41, 5.74) is 4.32. The number of rotatable bonds is 9. The van der Waals surface area contributed by atoms with Gasteiger partial charge in [0, 0.05) is 5.56 Å². The maximum absolute atomic E-state index is 11.5. The Bertz CT molecular complexity index is 995. The SMILES string of the molecule is CCCCCCCCc1ccc2nc(S(=O)(=O)O)[nH]c2c1-c1ccccc1. The Labute approximate surface area is 160 Å². The third-order valence-electron chi connectivity index (χ3n) is 4.83. The predicted octanol–water partition coefficient (Wildman–Crippen LogP) is 5.38. The Balaban J connectivity index is 1.95. The molecule has 144 valence electrons. The van der Waals surface area contributed by atoms with Crippen molar-refractivity contribution in [1.29, 1.82) is 0 Å². The van der Waals surface area contributed by atoms with Crippen LogP contribution in [0.2, 0.25) is 0 Å². The first-order valence-corrected chi connectivity index (χ1v) is 11.0. The lowest BCUT2D eigenvalue weighted by Gasteiger charge is -2.11. The number of imidazole rings is 1. The fourth-order valence-corrected chi connectivity index (χ4v) is 3.90. The van der Waals surface area contributed by atoms with E-state index in [0.717, 1.165) is 29.5 Å². The highest BCUT2D eigenvalue weighted by molar-refractivity contribution is 7.85. The van der Waals surface area contributed by atoms with Gasteiger partial charge in [0.15, 0.2) is 0 Å². The van der Waals surface area contributed by atoms with Crippen molar-refractivity contribution < 1.29 is 13.0 Å². The second-order valence-electron chi connectivity index (χ2n) is 6.89. The molecule has 3 aromatic rings. The molecule has 0 aliphatic heterocycles. The number of aromatic nitrogens is 2. The standard InChI is InChI=1S/C21H26N2O3S/c1-2-3-4-5-6-8-13-17-14-15-18-20(23-21(22-18)27(24,25)26)19(17)16-11-9-7-10-12-16/h7,9-12,14-15H,2-6,8,13H2,1H3,(H,22,23)(H,24,25,26). The molecule has 0 atom stereocenters. The molecule has 0 radical (unpaired) electrons. The van der Waals surface area contributed by atoms with Gasteiger partial charge in [-0.25, -0.2) is 4.98 Å². The van der Waals surface area contributed by atoms with E-state index in [2.05, 4.69) is 16.9 Å². The lowest BCUT2D eigenvalue weighted by molar-refractivity contribution is 0.476. The Hall–Kier alpha value is -2.18. The Morgan fingerprint density at radius 1 is 0.963 bits per heavy atom. The Kier molecular flexibility index (Phi) is 6.29. The van der Waals surface area contributed by atoms with Gasteiger partial charge in [-0.2, -0.15) is 8.42 Å². The maximum Gasteiger partial charge on any atom is 0.328 e. The van der Waals surface area contributed by atoms with Crippen LogP contribution >= 0.6 is 0 Å². The quantitative estimate of drug-likeness (QED) is 0.382. The average molecular weight is 387 g/mol. The monoisotopic (exact) mass is 386 g/mol. The molecule has 1 aromatic heterocycles. The third kappa shape index (κ3) is 4.76. The van der Waals surface area contributed by atoms with Crippen LogP contribution in [0.3, 0.4) is 0 Å². The smallest absolute Gasteiger partial charge is 0.326 e. The molecular weight excluding hydrogens is 360 g/mol. The highest BCUT2D eigenvalue weighted by Gasteiger charge is 2.19. The summed E-state index contributed by atoms with van der Waals surface area (Å²) in [7, 11) is -4.37. The molecule has 0 spiro atoms.